The summed E-state index contributed by atoms with van der Waals surface area (Å²) in [5, 5.41) is 22.5. The second-order valence-corrected chi connectivity index (χ2v) is 8.42. The van der Waals surface area contributed by atoms with Crippen LogP contribution in [0.25, 0.3) is 5.76 Å². The molecule has 1 aromatic heterocycles. The topological polar surface area (TPSA) is 99.9 Å². The summed E-state index contributed by atoms with van der Waals surface area (Å²) in [6, 6.07) is 14.0. The summed E-state index contributed by atoms with van der Waals surface area (Å²) in [5.74, 6) is -1.55. The van der Waals surface area contributed by atoms with E-state index in [1.165, 1.54) is 42.6 Å². The van der Waals surface area contributed by atoms with E-state index >= 15 is 0 Å². The number of anilines is 1. The van der Waals surface area contributed by atoms with Crippen LogP contribution in [0, 0.1) is 11.3 Å². The Morgan fingerprint density at radius 1 is 1.12 bits per heavy atom. The van der Waals surface area contributed by atoms with E-state index in [0.717, 1.165) is 0 Å². The van der Waals surface area contributed by atoms with E-state index in [0.29, 0.717) is 16.1 Å². The third kappa shape index (κ3) is 3.82. The summed E-state index contributed by atoms with van der Waals surface area (Å²) < 4.78 is 10.6. The van der Waals surface area contributed by atoms with Crippen molar-refractivity contribution < 1.29 is 24.2 Å². The zero-order valence-corrected chi connectivity index (χ0v) is 19.1. The molecule has 1 N–H and O–H groups in total. The van der Waals surface area contributed by atoms with Crippen molar-refractivity contribution in [3.8, 4) is 17.6 Å². The molecule has 0 bridgehead atoms. The number of nitrogens with zero attached hydrogens (tertiary/aromatic N) is 2. The highest BCUT2D eigenvalue weighted by Crippen LogP contribution is 2.45. The Morgan fingerprint density at radius 3 is 2.39 bits per heavy atom. The molecule has 1 amide bonds. The molecule has 0 saturated carbocycles. The number of methoxy groups -OCH3 is 2. The summed E-state index contributed by atoms with van der Waals surface area (Å²) >= 11 is 7.53. The largest absolute Gasteiger partial charge is 0.507 e. The molecule has 1 fully saturated rings. The molecule has 0 radical (unpaired) electrons. The smallest absolute Gasteiger partial charge is 0.300 e. The number of nitriles is 1. The van der Waals surface area contributed by atoms with Crippen LogP contribution in [0.5, 0.6) is 11.5 Å². The third-order valence-electron chi connectivity index (χ3n) is 5.26. The second kappa shape index (κ2) is 8.98. The monoisotopic (exact) mass is 480 g/mol. The first-order chi connectivity index (χ1) is 15.9. The van der Waals surface area contributed by atoms with Gasteiger partial charge in [-0.2, -0.15) is 5.26 Å². The molecule has 7 nitrogen and oxygen atoms in total. The molecular formula is C24H17ClN2O5S. The van der Waals surface area contributed by atoms with Gasteiger partial charge in [-0.05, 0) is 41.8 Å². The van der Waals surface area contributed by atoms with Crippen LogP contribution in [0.3, 0.4) is 0 Å². The highest BCUT2D eigenvalue weighted by molar-refractivity contribution is 7.10. The van der Waals surface area contributed by atoms with Gasteiger partial charge < -0.3 is 14.6 Å². The fourth-order valence-electron chi connectivity index (χ4n) is 3.70. The summed E-state index contributed by atoms with van der Waals surface area (Å²) in [7, 11) is 2.83. The summed E-state index contributed by atoms with van der Waals surface area (Å²) in [6.07, 6.45) is 0. The first kappa shape index (κ1) is 22.4. The Kier molecular flexibility index (Phi) is 6.09. The number of ether oxygens (including phenoxy) is 2. The van der Waals surface area contributed by atoms with E-state index in [4.69, 9.17) is 26.3 Å². The number of amides is 1. The van der Waals surface area contributed by atoms with E-state index in [2.05, 4.69) is 0 Å². The van der Waals surface area contributed by atoms with Gasteiger partial charge in [-0.25, -0.2) is 0 Å². The molecule has 2 heterocycles. The minimum atomic E-state index is -0.871. The zero-order valence-electron chi connectivity index (χ0n) is 17.5. The number of thiophene rings is 1. The molecule has 2 aromatic carbocycles. The van der Waals surface area contributed by atoms with Crippen molar-refractivity contribution in [1.29, 1.82) is 5.26 Å². The predicted octanol–water partition coefficient (Wildman–Crippen LogP) is 4.92. The SMILES string of the molecule is COc1cc(/C(O)=C2\C(=O)C(=O)N(c3ccc(C#N)cc3)C2c2cccs2)c(OC)cc1Cl. The number of Topliss-reactive ketones (excluding diaryl/α,β-unsaturated/α-hetero) is 1. The van der Waals surface area contributed by atoms with E-state index < -0.39 is 23.5 Å². The van der Waals surface area contributed by atoms with Crippen molar-refractivity contribution in [2.75, 3.05) is 19.1 Å². The first-order valence-electron chi connectivity index (χ1n) is 9.67. The lowest BCUT2D eigenvalue weighted by Gasteiger charge is -2.24. The number of rotatable bonds is 5. The molecular weight excluding hydrogens is 464 g/mol. The van der Waals surface area contributed by atoms with Crippen molar-refractivity contribution in [2.45, 2.75) is 6.04 Å². The number of carbonyl (C=O) groups excluding carboxylic acids is 2. The van der Waals surface area contributed by atoms with Gasteiger partial charge >= 0.3 is 0 Å². The molecule has 9 heteroatoms. The number of halogens is 1. The molecule has 1 atom stereocenters. The van der Waals surface area contributed by atoms with Gasteiger partial charge in [0, 0.05) is 16.6 Å². The molecule has 0 spiro atoms. The average molecular weight is 481 g/mol. The van der Waals surface area contributed by atoms with E-state index in [1.807, 2.05) is 11.4 Å². The van der Waals surface area contributed by atoms with Gasteiger partial charge in [-0.3, -0.25) is 14.5 Å². The fraction of sp³-hybridized carbons (Fsp3) is 0.125. The second-order valence-electron chi connectivity index (χ2n) is 7.03. The van der Waals surface area contributed by atoms with Crippen LogP contribution >= 0.6 is 22.9 Å². The van der Waals surface area contributed by atoms with E-state index in [-0.39, 0.29) is 27.7 Å². The van der Waals surface area contributed by atoms with Gasteiger partial charge in [0.2, 0.25) is 0 Å². The minimum Gasteiger partial charge on any atom is -0.507 e. The van der Waals surface area contributed by atoms with E-state index in [9.17, 15) is 14.7 Å². The highest BCUT2D eigenvalue weighted by Gasteiger charge is 2.47. The molecule has 1 aliphatic heterocycles. The Bertz CT molecular complexity index is 1310. The lowest BCUT2D eigenvalue weighted by Crippen LogP contribution is -2.29. The first-order valence-corrected chi connectivity index (χ1v) is 10.9. The zero-order chi connectivity index (χ0) is 23.7. The van der Waals surface area contributed by atoms with Crippen LogP contribution in [0.4, 0.5) is 5.69 Å². The van der Waals surface area contributed by atoms with Crippen molar-refractivity contribution in [3.63, 3.8) is 0 Å². The van der Waals surface area contributed by atoms with Crippen LogP contribution in [0.1, 0.15) is 22.0 Å². The van der Waals surface area contributed by atoms with Gasteiger partial charge in [-0.15, -0.1) is 11.3 Å². The van der Waals surface area contributed by atoms with Crippen LogP contribution in [-0.2, 0) is 9.59 Å². The van der Waals surface area contributed by atoms with Gasteiger partial charge in [0.25, 0.3) is 11.7 Å². The third-order valence-corrected chi connectivity index (χ3v) is 6.48. The molecule has 1 unspecified atom stereocenters. The summed E-state index contributed by atoms with van der Waals surface area (Å²) in [4.78, 5) is 28.3. The van der Waals surface area contributed by atoms with Crippen molar-refractivity contribution in [1.82, 2.24) is 0 Å². The van der Waals surface area contributed by atoms with Gasteiger partial charge in [0.15, 0.2) is 0 Å². The number of aliphatic hydroxyl groups is 1. The van der Waals surface area contributed by atoms with Gasteiger partial charge in [0.1, 0.15) is 23.3 Å². The highest BCUT2D eigenvalue weighted by atomic mass is 35.5. The van der Waals surface area contributed by atoms with Crippen LogP contribution < -0.4 is 14.4 Å². The van der Waals surface area contributed by atoms with Crippen molar-refractivity contribution in [2.24, 2.45) is 0 Å². The maximum Gasteiger partial charge on any atom is 0.300 e. The molecule has 166 valence electrons. The molecule has 1 aliphatic rings. The quantitative estimate of drug-likeness (QED) is 0.316. The minimum absolute atomic E-state index is 0.0884. The molecule has 4 rings (SSSR count). The predicted molar refractivity (Wildman–Crippen MR) is 125 cm³/mol. The van der Waals surface area contributed by atoms with Crippen LogP contribution in [0.15, 0.2) is 59.5 Å². The Labute approximate surface area is 198 Å². The fourth-order valence-corrected chi connectivity index (χ4v) is 4.76. The normalized spacial score (nSPS) is 17.2. The van der Waals surface area contributed by atoms with Gasteiger partial charge in [0.05, 0.1) is 42.0 Å². The Balaban J connectivity index is 1.95. The Morgan fingerprint density at radius 2 is 1.82 bits per heavy atom. The summed E-state index contributed by atoms with van der Waals surface area (Å²) in [5.41, 5.74) is 0.919. The molecule has 1 saturated heterocycles. The number of aliphatic hydroxyl groups excluding tert-OH is 1. The lowest BCUT2D eigenvalue weighted by atomic mass is 9.99. The number of ketones is 1. The average Bonchev–Trinajstić information content (AvgIpc) is 3.45. The molecule has 33 heavy (non-hydrogen) atoms. The van der Waals surface area contributed by atoms with Crippen LogP contribution in [0.2, 0.25) is 5.02 Å². The number of carbonyl (C=O) groups is 2. The number of hydrogen-bond acceptors (Lipinski definition) is 7. The summed E-state index contributed by atoms with van der Waals surface area (Å²) in [6.45, 7) is 0. The molecule has 0 aliphatic carbocycles. The number of benzene rings is 2. The Hall–Kier alpha value is -3.80. The van der Waals surface area contributed by atoms with E-state index in [1.54, 1.807) is 36.4 Å². The van der Waals surface area contributed by atoms with Crippen molar-refractivity contribution >= 4 is 46.1 Å². The maximum atomic E-state index is 13.2. The van der Waals surface area contributed by atoms with Crippen molar-refractivity contribution in [3.05, 3.63) is 80.5 Å². The van der Waals surface area contributed by atoms with Crippen LogP contribution in [-0.4, -0.2) is 31.0 Å². The number of hydrogen-bond donors (Lipinski definition) is 1. The lowest BCUT2D eigenvalue weighted by molar-refractivity contribution is -0.132. The molecule has 3 aromatic rings. The standard InChI is InChI=1S/C24H17ClN2O5S/c1-31-17-11-16(25)18(32-2)10-15(17)22(28)20-21(19-4-3-9-33-19)27(24(30)23(20)29)14-7-5-13(12-26)6-8-14/h3-11,21,28H,1-2H3/b22-20+. The maximum absolute atomic E-state index is 13.2. The van der Waals surface area contributed by atoms with Gasteiger partial charge in [-0.1, -0.05) is 17.7 Å².